The Bertz CT molecular complexity index is 6390. The van der Waals surface area contributed by atoms with Crippen LogP contribution < -0.4 is 36.3 Å². The number of aromatic hydroxyl groups is 4. The molecule has 6 N–H and O–H groups in total. The van der Waals surface area contributed by atoms with E-state index >= 15 is 0 Å². The van der Waals surface area contributed by atoms with E-state index in [-0.39, 0.29) is 90.8 Å². The van der Waals surface area contributed by atoms with Crippen molar-refractivity contribution in [1.82, 2.24) is 9.91 Å². The number of fused-ring (bicyclic) bond motifs is 4. The third-order valence-corrected chi connectivity index (χ3v) is 31.0. The summed E-state index contributed by atoms with van der Waals surface area (Å²) in [6.07, 6.45) is 27.7. The van der Waals surface area contributed by atoms with Gasteiger partial charge in [0.05, 0.1) is 43.4 Å². The highest BCUT2D eigenvalue weighted by molar-refractivity contribution is 7.96. The zero-order valence-electron chi connectivity index (χ0n) is 72.7. The summed E-state index contributed by atoms with van der Waals surface area (Å²) in [4.78, 5) is 66.8. The highest BCUT2D eigenvalue weighted by Gasteiger charge is 2.46. The normalized spacial score (nSPS) is 17.7. The van der Waals surface area contributed by atoms with Crippen LogP contribution in [0.15, 0.2) is 203 Å². The van der Waals surface area contributed by atoms with Crippen LogP contribution in [0.4, 0.5) is 31.5 Å². The Kier molecular flexibility index (Phi) is 27.5. The van der Waals surface area contributed by atoms with Crippen LogP contribution in [0.1, 0.15) is 268 Å². The van der Waals surface area contributed by atoms with Crippen LogP contribution >= 0.6 is 0 Å². The fourth-order valence-electron chi connectivity index (χ4n) is 19.5. The molecule has 0 radical (unpaired) electrons. The number of nitrogens with one attached hydrogen (secondary N) is 2. The Morgan fingerprint density at radius 2 is 0.746 bits per heavy atom. The van der Waals surface area contributed by atoms with Gasteiger partial charge in [0, 0.05) is 96.2 Å². The molecular formula is C99H108F2N6O20S3. The predicted octanol–water partition coefficient (Wildman–Crippen LogP) is 19.0. The van der Waals surface area contributed by atoms with Crippen LogP contribution in [-0.2, 0) is 81.4 Å². The molecule has 4 atom stereocenters. The van der Waals surface area contributed by atoms with Gasteiger partial charge in [-0.1, -0.05) is 112 Å². The molecule has 0 spiro atoms. The van der Waals surface area contributed by atoms with E-state index in [2.05, 4.69) is 9.44 Å². The summed E-state index contributed by atoms with van der Waals surface area (Å²) in [5.74, 6) is -0.258. The summed E-state index contributed by atoms with van der Waals surface area (Å²) in [5, 5.41) is 57.2. The Hall–Kier alpha value is -11.8. The third kappa shape index (κ3) is 20.1. The average Bonchev–Trinajstić information content (AvgIpc) is 1.51. The number of hydrogen-bond acceptors (Lipinski definition) is 21. The molecule has 0 bridgehead atoms. The second-order valence-corrected chi connectivity index (χ2v) is 40.7. The molecule has 3 fully saturated rings. The van der Waals surface area contributed by atoms with Crippen molar-refractivity contribution < 1.29 is 77.2 Å². The molecule has 10 aromatic rings. The minimum absolute atomic E-state index is 0.00250. The first-order valence-corrected chi connectivity index (χ1v) is 49.8. The van der Waals surface area contributed by atoms with Crippen molar-refractivity contribution >= 4 is 52.8 Å². The number of benzene rings is 6. The van der Waals surface area contributed by atoms with Crippen LogP contribution in [0.5, 0.6) is 23.0 Å². The van der Waals surface area contributed by atoms with Gasteiger partial charge in [0.2, 0.25) is 5.03 Å². The largest absolute Gasteiger partial charge is 0.507 e. The highest BCUT2D eigenvalue weighted by Crippen LogP contribution is 2.53. The monoisotopic (exact) mass is 1830 g/mol. The zero-order chi connectivity index (χ0) is 91.5. The molecule has 8 aliphatic rings. The molecule has 31 heteroatoms. The Balaban J connectivity index is 0.000000153. The molecule has 6 aromatic carbocycles. The molecule has 130 heavy (non-hydrogen) atoms. The number of sulfonamides is 3. The van der Waals surface area contributed by atoms with Crippen molar-refractivity contribution in [2.45, 2.75) is 239 Å². The second kappa shape index (κ2) is 39.1. The van der Waals surface area contributed by atoms with Gasteiger partial charge in [-0.3, -0.25) is 9.44 Å². The van der Waals surface area contributed by atoms with Crippen LogP contribution in [0.25, 0.3) is 0 Å². The molecule has 686 valence electrons. The molecular weight excluding hydrogens is 1730 g/mol. The lowest BCUT2D eigenvalue weighted by molar-refractivity contribution is -0.642. The molecule has 3 saturated carbocycles. The van der Waals surface area contributed by atoms with Gasteiger partial charge in [0.1, 0.15) is 57.7 Å². The van der Waals surface area contributed by atoms with Crippen molar-refractivity contribution in [2.24, 2.45) is 17.8 Å². The van der Waals surface area contributed by atoms with Gasteiger partial charge in [0.15, 0.2) is 11.7 Å². The van der Waals surface area contributed by atoms with Gasteiger partial charge in [-0.05, 0) is 259 Å². The smallest absolute Gasteiger partial charge is 0.343 e. The summed E-state index contributed by atoms with van der Waals surface area (Å²) < 4.78 is 136. The maximum atomic E-state index is 14.8. The number of nitro groups is 1. The third-order valence-electron chi connectivity index (χ3n) is 26.5. The van der Waals surface area contributed by atoms with E-state index in [0.717, 1.165) is 181 Å². The number of aryl methyl sites for hydroxylation is 4. The van der Waals surface area contributed by atoms with Crippen LogP contribution in [0.3, 0.4) is 0 Å². The van der Waals surface area contributed by atoms with Crippen molar-refractivity contribution in [3.63, 3.8) is 0 Å². The van der Waals surface area contributed by atoms with E-state index in [1.54, 1.807) is 98.0 Å². The lowest BCUT2D eigenvalue weighted by Crippen LogP contribution is -2.37. The lowest BCUT2D eigenvalue weighted by atomic mass is 9.85. The van der Waals surface area contributed by atoms with Crippen LogP contribution in [0, 0.1) is 39.5 Å². The average molecular weight is 1840 g/mol. The summed E-state index contributed by atoms with van der Waals surface area (Å²) in [6, 6.07) is 36.2. The van der Waals surface area contributed by atoms with E-state index in [0.29, 0.717) is 131 Å². The predicted molar refractivity (Wildman–Crippen MR) is 487 cm³/mol. The van der Waals surface area contributed by atoms with Gasteiger partial charge >= 0.3 is 22.5 Å². The fourth-order valence-corrected chi connectivity index (χ4v) is 23.3. The molecule has 26 nitrogen and oxygen atoms in total. The topological polar surface area (TPSA) is 381 Å². The van der Waals surface area contributed by atoms with Gasteiger partial charge in [-0.2, -0.15) is 8.42 Å². The van der Waals surface area contributed by atoms with Gasteiger partial charge < -0.3 is 43.0 Å². The number of hydrazine groups is 1. The van der Waals surface area contributed by atoms with Crippen molar-refractivity contribution in [2.75, 3.05) is 27.5 Å². The fraction of sp³-hybridized carbons (Fsp3) is 0.414. The molecule has 0 saturated heterocycles. The summed E-state index contributed by atoms with van der Waals surface area (Å²) in [7, 11) is -10.9. The Labute approximate surface area is 753 Å². The quantitative estimate of drug-likeness (QED) is 0.0256. The number of hydrogen-bond donors (Lipinski definition) is 6. The Morgan fingerprint density at radius 3 is 1.08 bits per heavy atom. The van der Waals surface area contributed by atoms with Gasteiger partial charge in [-0.15, -0.1) is 0 Å². The first-order valence-electron chi connectivity index (χ1n) is 45.4. The second-order valence-electron chi connectivity index (χ2n) is 35.6. The first-order chi connectivity index (χ1) is 62.5. The minimum Gasteiger partial charge on any atom is -0.507 e. The van der Waals surface area contributed by atoms with E-state index in [1.807, 2.05) is 13.0 Å². The number of rotatable bonds is 23. The molecule has 18 rings (SSSR count). The molecule has 7 aliphatic carbocycles. The minimum atomic E-state index is -4.65. The van der Waals surface area contributed by atoms with E-state index in [1.165, 1.54) is 35.4 Å². The molecule has 3 unspecified atom stereocenters. The van der Waals surface area contributed by atoms with Gasteiger partial charge in [0.25, 0.3) is 30.1 Å². The number of anilines is 4. The lowest BCUT2D eigenvalue weighted by Gasteiger charge is -2.27. The molecule has 4 aromatic heterocycles. The van der Waals surface area contributed by atoms with Crippen molar-refractivity contribution in [1.29, 1.82) is 0 Å². The van der Waals surface area contributed by atoms with Crippen LogP contribution in [-0.4, -0.2) is 74.3 Å². The van der Waals surface area contributed by atoms with E-state index < -0.39 is 97.9 Å². The SMILES string of the molecule is CC[C@H](c1cccc(NS(=O)(=O)c2ccc(F)cc2)c1)c1c(O)c2c(oc1=O)CCCCCC2.CN1C=C(S(=O)(=O)N(c2ccc(C(c3c(O)c4c(oc3=O)CCCCCC4)C3CC3)cc2)c2ccc(C(c3c(O)c4c(oc3=O)CCCCCC4)C3CC3)cc2)N([N+](=O)[O-])C1.O=c1oc2c(c(O)c1C(c1cccc(NS(=O)(=O)c3ccc(F)cc3)c1)C1CC1)CCCCCC2. The first kappa shape index (κ1) is 91.5. The molecule has 5 heterocycles. The summed E-state index contributed by atoms with van der Waals surface area (Å²) >= 11 is 0. The van der Waals surface area contributed by atoms with E-state index in [9.17, 15) is 83.8 Å². The highest BCUT2D eigenvalue weighted by atomic mass is 32.2. The molecule has 0 amide bonds. The maximum Gasteiger partial charge on any atom is 0.343 e. The van der Waals surface area contributed by atoms with Gasteiger partial charge in [-0.25, -0.2) is 59.2 Å². The van der Waals surface area contributed by atoms with Crippen molar-refractivity contribution in [3.05, 3.63) is 310 Å². The Morgan fingerprint density at radius 1 is 0.431 bits per heavy atom. The molecule has 1 aliphatic heterocycles. The summed E-state index contributed by atoms with van der Waals surface area (Å²) in [6.45, 7) is 1.62. The standard InChI is InChI=1S/C46H52N4O10S.C27H28FNO5S.C26H28FNO5S/c1-47-26-38(48(27-47)50(55)56)61(57,58)49(32-22-18-30(19-23-32)39(28-14-15-28)41-43(51)34-10-6-2-4-8-12-36(34)59-45(41)53)33-24-20-31(21-25-33)40(29-16-17-29)42-44(52)35-11-7-3-5-9-13-37(35)60-46(42)54;28-19-12-14-21(15-13-19)35(32,33)29-20-7-5-6-18(16-20)24(17-10-11-17)25-26(30)22-8-3-1-2-4-9-23(22)34-27(25)31;1-2-21(24-25(29)22-10-5-3-4-6-11-23(22)33-26(24)30)17-8-7-9-19(16-17)28-34(31,32)20-14-12-18(27)13-15-20/h18-26,28-29,39-40,51-52H,2-17,27H2,1H3;5-7,12-17,24,29-30H,1-4,8-11H2;7-9,12-16,21,28-29H,2-6,10-11H2,1H3/t;;21-/m..1/s1. The van der Waals surface area contributed by atoms with E-state index in [4.69, 9.17) is 17.7 Å². The van der Waals surface area contributed by atoms with Crippen LogP contribution in [0.2, 0.25) is 0 Å². The maximum absolute atomic E-state index is 14.8. The zero-order valence-corrected chi connectivity index (χ0v) is 75.1. The number of halogens is 2. The number of nitrogens with zero attached hydrogens (tertiary/aromatic N) is 4. The van der Waals surface area contributed by atoms with Crippen molar-refractivity contribution in [3.8, 4) is 23.0 Å². The summed E-state index contributed by atoms with van der Waals surface area (Å²) in [5.41, 5.74) is 5.42.